The third-order valence-electron chi connectivity index (χ3n) is 4.13. The quantitative estimate of drug-likeness (QED) is 0.887. The van der Waals surface area contributed by atoms with Gasteiger partial charge in [-0.3, -0.25) is 4.79 Å². The minimum absolute atomic E-state index is 0.0149. The molecule has 3 nitrogen and oxygen atoms in total. The van der Waals surface area contributed by atoms with E-state index in [0.29, 0.717) is 5.92 Å². The van der Waals surface area contributed by atoms with Crippen LogP contribution in [0.1, 0.15) is 69.8 Å². The molecule has 1 heterocycles. The molecule has 0 aromatic carbocycles. The van der Waals surface area contributed by atoms with E-state index in [0.717, 1.165) is 30.3 Å². The van der Waals surface area contributed by atoms with Crippen molar-refractivity contribution < 1.29 is 0 Å². The van der Waals surface area contributed by atoms with Crippen molar-refractivity contribution in [2.24, 2.45) is 5.92 Å². The molecule has 0 radical (unpaired) electrons. The first kappa shape index (κ1) is 13.3. The molecule has 1 aliphatic carbocycles. The number of hydrogen-bond acceptors (Lipinski definition) is 2. The number of H-pyrrole nitrogens is 1. The van der Waals surface area contributed by atoms with Gasteiger partial charge in [0.05, 0.1) is 0 Å². The van der Waals surface area contributed by atoms with Crippen LogP contribution in [0.3, 0.4) is 0 Å². The van der Waals surface area contributed by atoms with Crippen LogP contribution in [0.2, 0.25) is 0 Å². The molecule has 2 rings (SSSR count). The number of nitrogens with zero attached hydrogens (tertiary/aromatic N) is 1. The standard InChI is InChI=1S/C15H24N2O/c1-3-5-13-10-14(18)17-15(16-13)12-8-6-11(4-2)7-9-12/h10-12H,3-9H2,1-2H3,(H,16,17,18). The largest absolute Gasteiger partial charge is 0.310 e. The molecule has 0 bridgehead atoms. The maximum Gasteiger partial charge on any atom is 0.251 e. The van der Waals surface area contributed by atoms with Gasteiger partial charge in [-0.2, -0.15) is 0 Å². The smallest absolute Gasteiger partial charge is 0.251 e. The molecule has 0 unspecified atom stereocenters. The molecule has 0 saturated heterocycles. The van der Waals surface area contributed by atoms with Crippen LogP contribution in [0.5, 0.6) is 0 Å². The SMILES string of the molecule is CCCc1cc(=O)[nH]c(C2CCC(CC)CC2)n1. The molecule has 1 N–H and O–H groups in total. The van der Waals surface area contributed by atoms with E-state index in [1.807, 2.05) is 0 Å². The number of nitrogens with one attached hydrogen (secondary N) is 1. The average molecular weight is 248 g/mol. The van der Waals surface area contributed by atoms with Crippen LogP contribution in [-0.4, -0.2) is 9.97 Å². The summed E-state index contributed by atoms with van der Waals surface area (Å²) in [5.41, 5.74) is 0.968. The van der Waals surface area contributed by atoms with Gasteiger partial charge in [-0.15, -0.1) is 0 Å². The molecule has 100 valence electrons. The van der Waals surface area contributed by atoms with Gasteiger partial charge in [-0.1, -0.05) is 26.7 Å². The lowest BCUT2D eigenvalue weighted by atomic mass is 9.80. The summed E-state index contributed by atoms with van der Waals surface area (Å²) in [6.45, 7) is 4.39. The van der Waals surface area contributed by atoms with E-state index < -0.39 is 0 Å². The van der Waals surface area contributed by atoms with Crippen LogP contribution < -0.4 is 5.56 Å². The van der Waals surface area contributed by atoms with Crippen LogP contribution >= 0.6 is 0 Å². The Labute approximate surface area is 109 Å². The van der Waals surface area contributed by atoms with Crippen molar-refractivity contribution in [3.05, 3.63) is 27.9 Å². The average Bonchev–Trinajstić information content (AvgIpc) is 2.38. The van der Waals surface area contributed by atoms with Crippen LogP contribution in [-0.2, 0) is 6.42 Å². The molecule has 0 amide bonds. The predicted molar refractivity (Wildman–Crippen MR) is 73.8 cm³/mol. The zero-order valence-corrected chi connectivity index (χ0v) is 11.5. The first-order valence-corrected chi connectivity index (χ1v) is 7.33. The molecule has 0 aliphatic heterocycles. The second-order valence-corrected chi connectivity index (χ2v) is 5.50. The number of rotatable bonds is 4. The number of aromatic nitrogens is 2. The van der Waals surface area contributed by atoms with Gasteiger partial charge in [-0.05, 0) is 38.0 Å². The summed E-state index contributed by atoms with van der Waals surface area (Å²) in [7, 11) is 0. The Kier molecular flexibility index (Phi) is 4.56. The third-order valence-corrected chi connectivity index (χ3v) is 4.13. The van der Waals surface area contributed by atoms with Crippen LogP contribution in [0.4, 0.5) is 0 Å². The normalized spacial score (nSPS) is 24.1. The van der Waals surface area contributed by atoms with Crippen molar-refractivity contribution in [3.63, 3.8) is 0 Å². The van der Waals surface area contributed by atoms with Gasteiger partial charge in [0.25, 0.3) is 5.56 Å². The topological polar surface area (TPSA) is 45.8 Å². The van der Waals surface area contributed by atoms with Crippen molar-refractivity contribution in [2.75, 3.05) is 0 Å². The molecule has 1 aliphatic rings. The second-order valence-electron chi connectivity index (χ2n) is 5.50. The van der Waals surface area contributed by atoms with Crippen molar-refractivity contribution in [1.82, 2.24) is 9.97 Å². The summed E-state index contributed by atoms with van der Waals surface area (Å²) in [5.74, 6) is 2.28. The molecule has 1 aromatic rings. The highest BCUT2D eigenvalue weighted by molar-refractivity contribution is 5.07. The van der Waals surface area contributed by atoms with Crippen LogP contribution in [0, 0.1) is 5.92 Å². The van der Waals surface area contributed by atoms with E-state index in [2.05, 4.69) is 23.8 Å². The van der Waals surface area contributed by atoms with E-state index in [9.17, 15) is 4.79 Å². The fraction of sp³-hybridized carbons (Fsp3) is 0.733. The highest BCUT2D eigenvalue weighted by atomic mass is 16.1. The Bertz CT molecular complexity index is 430. The van der Waals surface area contributed by atoms with Crippen molar-refractivity contribution in [2.45, 2.75) is 64.7 Å². The van der Waals surface area contributed by atoms with Crippen LogP contribution in [0.25, 0.3) is 0 Å². The Morgan fingerprint density at radius 3 is 2.61 bits per heavy atom. The molecule has 1 aromatic heterocycles. The molecular weight excluding hydrogens is 224 g/mol. The van der Waals surface area contributed by atoms with E-state index in [1.54, 1.807) is 6.07 Å². The zero-order chi connectivity index (χ0) is 13.0. The van der Waals surface area contributed by atoms with E-state index >= 15 is 0 Å². The number of aromatic amines is 1. The maximum atomic E-state index is 11.7. The van der Waals surface area contributed by atoms with E-state index in [-0.39, 0.29) is 5.56 Å². The summed E-state index contributed by atoms with van der Waals surface area (Å²) >= 11 is 0. The summed E-state index contributed by atoms with van der Waals surface area (Å²) in [6, 6.07) is 1.64. The van der Waals surface area contributed by atoms with Gasteiger partial charge in [-0.25, -0.2) is 4.98 Å². The summed E-state index contributed by atoms with van der Waals surface area (Å²) in [6.07, 6.45) is 8.14. The summed E-state index contributed by atoms with van der Waals surface area (Å²) in [5, 5.41) is 0. The fourth-order valence-electron chi connectivity index (χ4n) is 2.95. The van der Waals surface area contributed by atoms with E-state index in [1.165, 1.54) is 32.1 Å². The summed E-state index contributed by atoms with van der Waals surface area (Å²) in [4.78, 5) is 19.2. The number of aryl methyl sites for hydroxylation is 1. The lowest BCUT2D eigenvalue weighted by Gasteiger charge is -2.27. The Morgan fingerprint density at radius 1 is 1.28 bits per heavy atom. The first-order chi connectivity index (χ1) is 8.72. The molecule has 18 heavy (non-hydrogen) atoms. The lowest BCUT2D eigenvalue weighted by molar-refractivity contribution is 0.311. The molecule has 0 spiro atoms. The van der Waals surface area contributed by atoms with Gasteiger partial charge < -0.3 is 4.98 Å². The molecule has 0 atom stereocenters. The monoisotopic (exact) mass is 248 g/mol. The molecule has 1 saturated carbocycles. The molecular formula is C15H24N2O. The number of hydrogen-bond donors (Lipinski definition) is 1. The Morgan fingerprint density at radius 2 is 2.00 bits per heavy atom. The maximum absolute atomic E-state index is 11.7. The van der Waals surface area contributed by atoms with Crippen LogP contribution in [0.15, 0.2) is 10.9 Å². The summed E-state index contributed by atoms with van der Waals surface area (Å²) < 4.78 is 0. The van der Waals surface area contributed by atoms with Gasteiger partial charge in [0, 0.05) is 17.7 Å². The van der Waals surface area contributed by atoms with Gasteiger partial charge >= 0.3 is 0 Å². The highest BCUT2D eigenvalue weighted by Gasteiger charge is 2.23. The van der Waals surface area contributed by atoms with Crippen molar-refractivity contribution >= 4 is 0 Å². The second kappa shape index (κ2) is 6.17. The first-order valence-electron chi connectivity index (χ1n) is 7.33. The molecule has 3 heteroatoms. The predicted octanol–water partition coefficient (Wildman–Crippen LogP) is 3.41. The van der Waals surface area contributed by atoms with Crippen molar-refractivity contribution in [3.8, 4) is 0 Å². The Hall–Kier alpha value is -1.12. The Balaban J connectivity index is 2.11. The van der Waals surface area contributed by atoms with E-state index in [4.69, 9.17) is 0 Å². The minimum atomic E-state index is 0.0149. The lowest BCUT2D eigenvalue weighted by Crippen LogP contribution is -2.19. The van der Waals surface area contributed by atoms with Gasteiger partial charge in [0.1, 0.15) is 5.82 Å². The minimum Gasteiger partial charge on any atom is -0.310 e. The third kappa shape index (κ3) is 3.21. The van der Waals surface area contributed by atoms with Gasteiger partial charge in [0.15, 0.2) is 0 Å². The van der Waals surface area contributed by atoms with Crippen molar-refractivity contribution in [1.29, 1.82) is 0 Å². The highest BCUT2D eigenvalue weighted by Crippen LogP contribution is 2.35. The molecule has 1 fully saturated rings. The zero-order valence-electron chi connectivity index (χ0n) is 11.5. The fourth-order valence-corrected chi connectivity index (χ4v) is 2.95. The van der Waals surface area contributed by atoms with Gasteiger partial charge in [0.2, 0.25) is 0 Å².